The highest BCUT2D eigenvalue weighted by Gasteiger charge is 2.44. The van der Waals surface area contributed by atoms with E-state index in [1.165, 1.54) is 12.1 Å². The van der Waals surface area contributed by atoms with Crippen molar-refractivity contribution >= 4 is 23.4 Å². The zero-order valence-corrected chi connectivity index (χ0v) is 14.3. The molecule has 0 heterocycles. The van der Waals surface area contributed by atoms with Crippen LogP contribution in [0.25, 0.3) is 0 Å². The van der Waals surface area contributed by atoms with Crippen LogP contribution in [-0.4, -0.2) is 30.0 Å². The molecule has 0 radical (unpaired) electrons. The van der Waals surface area contributed by atoms with Crippen molar-refractivity contribution in [3.8, 4) is 5.75 Å². The number of hydrogen-bond donors (Lipinski definition) is 3. The molecule has 3 N–H and O–H groups in total. The van der Waals surface area contributed by atoms with Gasteiger partial charge in [0.2, 0.25) is 5.91 Å². The van der Waals surface area contributed by atoms with Crippen LogP contribution in [0.4, 0.5) is 0 Å². The number of benzene rings is 2. The fraction of sp³-hybridized carbons (Fsp3) is 0.263. The van der Waals surface area contributed by atoms with Gasteiger partial charge in [-0.2, -0.15) is 0 Å². The third-order valence-corrected chi connectivity index (χ3v) is 4.62. The van der Waals surface area contributed by atoms with Crippen LogP contribution in [0.1, 0.15) is 28.3 Å². The molecule has 0 saturated heterocycles. The molecule has 1 saturated carbocycles. The normalized spacial score (nSPS) is 18.4. The average molecular weight is 359 g/mol. The molecule has 25 heavy (non-hydrogen) atoms. The lowest BCUT2D eigenvalue weighted by molar-refractivity contribution is -0.122. The Kier molecular flexibility index (Phi) is 5.24. The Bertz CT molecular complexity index is 776. The molecule has 2 atom stereocenters. The van der Waals surface area contributed by atoms with Gasteiger partial charge in [0.15, 0.2) is 0 Å². The number of carbonyl (C=O) groups is 2. The molecule has 0 spiro atoms. The first-order chi connectivity index (χ1) is 12.1. The lowest BCUT2D eigenvalue weighted by atomic mass is 10.1. The van der Waals surface area contributed by atoms with Crippen LogP contribution in [0.2, 0.25) is 5.02 Å². The van der Waals surface area contributed by atoms with Crippen LogP contribution < -0.4 is 10.6 Å². The van der Waals surface area contributed by atoms with Crippen molar-refractivity contribution in [1.29, 1.82) is 0 Å². The van der Waals surface area contributed by atoms with E-state index in [9.17, 15) is 14.7 Å². The highest BCUT2D eigenvalue weighted by molar-refractivity contribution is 6.31. The van der Waals surface area contributed by atoms with Gasteiger partial charge >= 0.3 is 0 Å². The second-order valence-corrected chi connectivity index (χ2v) is 6.47. The summed E-state index contributed by atoms with van der Waals surface area (Å²) in [7, 11) is 0. The monoisotopic (exact) mass is 358 g/mol. The maximum Gasteiger partial charge on any atom is 0.251 e. The Morgan fingerprint density at radius 2 is 1.72 bits per heavy atom. The SMILES string of the molecule is O=C(NCCNC(=O)[C@@H]1C[C@H]1c1ccccc1Cl)c1ccc(O)cc1. The summed E-state index contributed by atoms with van der Waals surface area (Å²) in [5.41, 5.74) is 1.48. The fourth-order valence-electron chi connectivity index (χ4n) is 2.81. The number of nitrogens with one attached hydrogen (secondary N) is 2. The van der Waals surface area contributed by atoms with Crippen molar-refractivity contribution in [3.63, 3.8) is 0 Å². The molecule has 2 amide bonds. The predicted octanol–water partition coefficient (Wildman–Crippen LogP) is 2.70. The van der Waals surface area contributed by atoms with Crippen molar-refractivity contribution in [2.24, 2.45) is 5.92 Å². The zero-order chi connectivity index (χ0) is 17.8. The van der Waals surface area contributed by atoms with Gasteiger partial charge in [-0.05, 0) is 48.2 Å². The van der Waals surface area contributed by atoms with Crippen molar-refractivity contribution < 1.29 is 14.7 Å². The molecule has 1 fully saturated rings. The first-order valence-corrected chi connectivity index (χ1v) is 8.53. The molecule has 6 heteroatoms. The lowest BCUT2D eigenvalue weighted by Crippen LogP contribution is -2.35. The van der Waals surface area contributed by atoms with Gasteiger partial charge in [0.05, 0.1) is 0 Å². The van der Waals surface area contributed by atoms with E-state index in [4.69, 9.17) is 11.6 Å². The summed E-state index contributed by atoms with van der Waals surface area (Å²) in [5, 5.41) is 15.5. The maximum atomic E-state index is 12.2. The minimum absolute atomic E-state index is 0.0104. The summed E-state index contributed by atoms with van der Waals surface area (Å²) in [6, 6.07) is 13.6. The molecule has 3 rings (SSSR count). The van der Waals surface area contributed by atoms with Crippen LogP contribution in [0.5, 0.6) is 5.75 Å². The topological polar surface area (TPSA) is 78.4 Å². The number of hydrogen-bond acceptors (Lipinski definition) is 3. The van der Waals surface area contributed by atoms with E-state index in [0.717, 1.165) is 12.0 Å². The van der Waals surface area contributed by atoms with Gasteiger partial charge in [-0.15, -0.1) is 0 Å². The minimum atomic E-state index is -0.241. The minimum Gasteiger partial charge on any atom is -0.508 e. The summed E-state index contributed by atoms with van der Waals surface area (Å²) in [5.74, 6) is -0.00674. The van der Waals surface area contributed by atoms with Crippen molar-refractivity contribution in [2.45, 2.75) is 12.3 Å². The summed E-state index contributed by atoms with van der Waals surface area (Å²) >= 11 is 6.16. The van der Waals surface area contributed by atoms with E-state index in [2.05, 4.69) is 10.6 Å². The van der Waals surface area contributed by atoms with Gasteiger partial charge in [-0.25, -0.2) is 0 Å². The molecule has 130 valence electrons. The Hall–Kier alpha value is -2.53. The lowest BCUT2D eigenvalue weighted by Gasteiger charge is -2.08. The number of phenolic OH excluding ortho intramolecular Hbond substituents is 1. The van der Waals surface area contributed by atoms with Crippen LogP contribution in [0.15, 0.2) is 48.5 Å². The molecule has 0 aromatic heterocycles. The highest BCUT2D eigenvalue weighted by Crippen LogP contribution is 2.49. The molecule has 2 aromatic rings. The molecule has 1 aliphatic rings. The first-order valence-electron chi connectivity index (χ1n) is 8.15. The number of amides is 2. The quantitative estimate of drug-likeness (QED) is 0.695. The van der Waals surface area contributed by atoms with Gasteiger partial charge in [-0.1, -0.05) is 29.8 Å². The zero-order valence-electron chi connectivity index (χ0n) is 13.5. The molecular weight excluding hydrogens is 340 g/mol. The third-order valence-electron chi connectivity index (χ3n) is 4.27. The number of aromatic hydroxyl groups is 1. The summed E-state index contributed by atoms with van der Waals surface area (Å²) in [6.45, 7) is 0.712. The van der Waals surface area contributed by atoms with Crippen molar-refractivity contribution in [3.05, 3.63) is 64.7 Å². The van der Waals surface area contributed by atoms with Crippen LogP contribution >= 0.6 is 11.6 Å². The molecule has 1 aliphatic carbocycles. The van der Waals surface area contributed by atoms with E-state index in [-0.39, 0.29) is 29.4 Å². The standard InChI is InChI=1S/C19H19ClN2O3/c20-17-4-2-1-3-14(17)15-11-16(15)19(25)22-10-9-21-18(24)12-5-7-13(23)8-6-12/h1-8,15-16,23H,9-11H2,(H,21,24)(H,22,25)/t15-,16+/m0/s1. The van der Waals surface area contributed by atoms with Gasteiger partial charge < -0.3 is 15.7 Å². The fourth-order valence-corrected chi connectivity index (χ4v) is 3.09. The van der Waals surface area contributed by atoms with Gasteiger partial charge in [-0.3, -0.25) is 9.59 Å². The second kappa shape index (κ2) is 7.57. The average Bonchev–Trinajstić information content (AvgIpc) is 3.40. The van der Waals surface area contributed by atoms with E-state index in [0.29, 0.717) is 23.7 Å². The van der Waals surface area contributed by atoms with Crippen LogP contribution in [-0.2, 0) is 4.79 Å². The summed E-state index contributed by atoms with van der Waals surface area (Å²) < 4.78 is 0. The summed E-state index contributed by atoms with van der Waals surface area (Å²) in [6.07, 6.45) is 0.801. The Labute approximate surface area is 151 Å². The van der Waals surface area contributed by atoms with E-state index < -0.39 is 0 Å². The molecular formula is C19H19ClN2O3. The smallest absolute Gasteiger partial charge is 0.251 e. The maximum absolute atomic E-state index is 12.2. The Morgan fingerprint density at radius 3 is 2.44 bits per heavy atom. The predicted molar refractivity (Wildman–Crippen MR) is 95.7 cm³/mol. The van der Waals surface area contributed by atoms with Crippen molar-refractivity contribution in [2.75, 3.05) is 13.1 Å². The molecule has 2 aromatic carbocycles. The Morgan fingerprint density at radius 1 is 1.04 bits per heavy atom. The third kappa shape index (κ3) is 4.31. The van der Waals surface area contributed by atoms with E-state index in [1.807, 2.05) is 24.3 Å². The first kappa shape index (κ1) is 17.3. The summed E-state index contributed by atoms with van der Waals surface area (Å²) in [4.78, 5) is 24.1. The second-order valence-electron chi connectivity index (χ2n) is 6.06. The molecule has 5 nitrogen and oxygen atoms in total. The largest absolute Gasteiger partial charge is 0.508 e. The van der Waals surface area contributed by atoms with Crippen LogP contribution in [0, 0.1) is 5.92 Å². The molecule has 0 aliphatic heterocycles. The van der Waals surface area contributed by atoms with E-state index in [1.54, 1.807) is 12.1 Å². The molecule has 0 unspecified atom stereocenters. The van der Waals surface area contributed by atoms with Gasteiger partial charge in [0.25, 0.3) is 5.91 Å². The number of rotatable bonds is 6. The van der Waals surface area contributed by atoms with Crippen LogP contribution in [0.3, 0.4) is 0 Å². The highest BCUT2D eigenvalue weighted by atomic mass is 35.5. The number of phenols is 1. The van der Waals surface area contributed by atoms with E-state index >= 15 is 0 Å². The number of halogens is 1. The van der Waals surface area contributed by atoms with Gasteiger partial charge in [0, 0.05) is 29.6 Å². The van der Waals surface area contributed by atoms with Crippen molar-refractivity contribution in [1.82, 2.24) is 10.6 Å². The Balaban J connectivity index is 1.40. The number of carbonyl (C=O) groups excluding carboxylic acids is 2. The van der Waals surface area contributed by atoms with Gasteiger partial charge in [0.1, 0.15) is 5.75 Å². The molecule has 0 bridgehead atoms.